The van der Waals surface area contributed by atoms with Crippen LogP contribution in [0.15, 0.2) is 11.6 Å². The van der Waals surface area contributed by atoms with Crippen LogP contribution in [0.5, 0.6) is 0 Å². The Bertz CT molecular complexity index is 427. The molecule has 0 aliphatic heterocycles. The van der Waals surface area contributed by atoms with Crippen molar-refractivity contribution in [1.82, 2.24) is 0 Å². The first-order valence-corrected chi connectivity index (χ1v) is 5.99. The average molecular weight is 234 g/mol. The second-order valence-electron chi connectivity index (χ2n) is 4.72. The monoisotopic (exact) mass is 234 g/mol. The predicted octanol–water partition coefficient (Wildman–Crippen LogP) is 2.75. The molecule has 0 atom stereocenters. The topological polar surface area (TPSA) is 40.5 Å². The summed E-state index contributed by atoms with van der Waals surface area (Å²) in [5.41, 5.74) is 6.78. The number of aryl methyl sites for hydroxylation is 1. The smallest absolute Gasteiger partial charge is 0.0687 e. The van der Waals surface area contributed by atoms with Gasteiger partial charge in [0.15, 0.2) is 0 Å². The van der Waals surface area contributed by atoms with Crippen LogP contribution in [0.3, 0.4) is 0 Å². The van der Waals surface area contributed by atoms with Crippen molar-refractivity contribution in [1.29, 1.82) is 0 Å². The van der Waals surface area contributed by atoms with Crippen molar-refractivity contribution in [2.75, 3.05) is 6.61 Å². The minimum Gasteiger partial charge on any atom is -0.396 e. The Balaban J connectivity index is 3.44. The summed E-state index contributed by atoms with van der Waals surface area (Å²) in [6.45, 7) is 8.41. The zero-order valence-corrected chi connectivity index (χ0v) is 11.2. The van der Waals surface area contributed by atoms with Crippen LogP contribution in [0.4, 0.5) is 0 Å². The number of hydrogen-bond acceptors (Lipinski definition) is 2. The highest BCUT2D eigenvalue weighted by atomic mass is 16.3. The summed E-state index contributed by atoms with van der Waals surface area (Å²) in [4.78, 5) is 0. The van der Waals surface area contributed by atoms with E-state index in [1.54, 1.807) is 0 Å². The van der Waals surface area contributed by atoms with Gasteiger partial charge in [0.25, 0.3) is 0 Å². The molecular weight excluding hydrogens is 212 g/mol. The quantitative estimate of drug-likeness (QED) is 0.841. The van der Waals surface area contributed by atoms with Crippen molar-refractivity contribution in [2.24, 2.45) is 0 Å². The second kappa shape index (κ2) is 5.99. The molecule has 0 bridgehead atoms. The lowest BCUT2D eigenvalue weighted by molar-refractivity contribution is 0.281. The third-order valence-electron chi connectivity index (χ3n) is 3.03. The van der Waals surface area contributed by atoms with Crippen molar-refractivity contribution in [3.63, 3.8) is 0 Å². The van der Waals surface area contributed by atoms with Crippen LogP contribution >= 0.6 is 0 Å². The highest BCUT2D eigenvalue weighted by molar-refractivity contribution is 5.63. The van der Waals surface area contributed by atoms with Crippen LogP contribution in [0.2, 0.25) is 0 Å². The van der Waals surface area contributed by atoms with E-state index in [1.165, 1.54) is 16.7 Å². The molecule has 1 aromatic rings. The molecule has 2 heteroatoms. The van der Waals surface area contributed by atoms with Crippen LogP contribution in [0.1, 0.15) is 41.7 Å². The highest BCUT2D eigenvalue weighted by Crippen LogP contribution is 2.25. The molecule has 0 fully saturated rings. The summed E-state index contributed by atoms with van der Waals surface area (Å²) >= 11 is 0. The molecule has 2 N–H and O–H groups in total. The van der Waals surface area contributed by atoms with Crippen LogP contribution in [-0.4, -0.2) is 16.8 Å². The molecule has 94 valence electrons. The van der Waals surface area contributed by atoms with E-state index in [0.717, 1.165) is 16.7 Å². The summed E-state index contributed by atoms with van der Waals surface area (Å²) < 4.78 is 0. The van der Waals surface area contributed by atoms with Crippen molar-refractivity contribution in [3.05, 3.63) is 39.5 Å². The van der Waals surface area contributed by atoms with Gasteiger partial charge in [-0.05, 0) is 61.9 Å². The zero-order valence-electron chi connectivity index (χ0n) is 11.2. The van der Waals surface area contributed by atoms with E-state index in [-0.39, 0.29) is 13.2 Å². The summed E-state index contributed by atoms with van der Waals surface area (Å²) in [5.74, 6) is 0. The Morgan fingerprint density at radius 3 is 2.35 bits per heavy atom. The first-order chi connectivity index (χ1) is 8.01. The largest absolute Gasteiger partial charge is 0.396 e. The van der Waals surface area contributed by atoms with Gasteiger partial charge < -0.3 is 10.2 Å². The normalized spacial score (nSPS) is 10.5. The zero-order chi connectivity index (χ0) is 13.0. The number of benzene rings is 1. The number of rotatable bonds is 4. The van der Waals surface area contributed by atoms with Crippen molar-refractivity contribution < 1.29 is 10.2 Å². The maximum Gasteiger partial charge on any atom is 0.0687 e. The molecule has 0 radical (unpaired) electrons. The van der Waals surface area contributed by atoms with E-state index in [2.05, 4.69) is 13.0 Å². The third-order valence-corrected chi connectivity index (χ3v) is 3.03. The van der Waals surface area contributed by atoms with Gasteiger partial charge in [-0.1, -0.05) is 17.7 Å². The first kappa shape index (κ1) is 13.9. The molecular formula is C15H22O2. The average Bonchev–Trinajstić information content (AvgIpc) is 2.27. The van der Waals surface area contributed by atoms with Gasteiger partial charge in [0.2, 0.25) is 0 Å². The molecule has 17 heavy (non-hydrogen) atoms. The lowest BCUT2D eigenvalue weighted by atomic mass is 9.90. The number of aliphatic hydroxyl groups is 2. The molecule has 0 saturated carbocycles. The van der Waals surface area contributed by atoms with Crippen LogP contribution in [0, 0.1) is 13.8 Å². The minimum atomic E-state index is 0.0558. The lowest BCUT2D eigenvalue weighted by Gasteiger charge is -2.16. The van der Waals surface area contributed by atoms with Crippen molar-refractivity contribution >= 4 is 6.08 Å². The maximum absolute atomic E-state index is 9.42. The molecule has 0 aromatic heterocycles. The van der Waals surface area contributed by atoms with E-state index in [9.17, 15) is 5.11 Å². The fourth-order valence-corrected chi connectivity index (χ4v) is 2.24. The molecule has 0 unspecified atom stereocenters. The number of hydrogen-bond donors (Lipinski definition) is 2. The summed E-state index contributed by atoms with van der Waals surface area (Å²) in [7, 11) is 0. The van der Waals surface area contributed by atoms with Gasteiger partial charge in [-0.2, -0.15) is 0 Å². The Hall–Kier alpha value is -1.12. The third kappa shape index (κ3) is 3.18. The molecule has 1 aromatic carbocycles. The molecule has 0 heterocycles. The van der Waals surface area contributed by atoms with E-state index >= 15 is 0 Å². The summed E-state index contributed by atoms with van der Waals surface area (Å²) in [6, 6.07) is 2.02. The van der Waals surface area contributed by atoms with Gasteiger partial charge in [-0.3, -0.25) is 0 Å². The fourth-order valence-electron chi connectivity index (χ4n) is 2.24. The fraction of sp³-hybridized carbons (Fsp3) is 0.467. The molecule has 0 amide bonds. The van der Waals surface area contributed by atoms with Crippen molar-refractivity contribution in [2.45, 2.75) is 40.7 Å². The van der Waals surface area contributed by atoms with Gasteiger partial charge in [-0.25, -0.2) is 0 Å². The molecule has 2 nitrogen and oxygen atoms in total. The lowest BCUT2D eigenvalue weighted by Crippen LogP contribution is -2.03. The van der Waals surface area contributed by atoms with E-state index < -0.39 is 0 Å². The Morgan fingerprint density at radius 1 is 1.24 bits per heavy atom. The van der Waals surface area contributed by atoms with Gasteiger partial charge in [0.05, 0.1) is 6.61 Å². The standard InChI is InChI=1S/C15H22O2/c1-10(2)7-15-12(4)14(5-6-16)11(3)8-13(15)9-17/h7-8,16-17H,5-6,9H2,1-4H3. The van der Waals surface area contributed by atoms with E-state index in [0.29, 0.717) is 6.42 Å². The number of aliphatic hydroxyl groups excluding tert-OH is 2. The maximum atomic E-state index is 9.42. The van der Waals surface area contributed by atoms with Gasteiger partial charge in [-0.15, -0.1) is 0 Å². The Kier molecular flexibility index (Phi) is 4.91. The predicted molar refractivity (Wildman–Crippen MR) is 72.0 cm³/mol. The minimum absolute atomic E-state index is 0.0558. The molecule has 0 aliphatic rings. The van der Waals surface area contributed by atoms with Crippen LogP contribution in [-0.2, 0) is 13.0 Å². The summed E-state index contributed by atoms with van der Waals surface area (Å²) in [5, 5.41) is 18.5. The van der Waals surface area contributed by atoms with E-state index in [1.807, 2.05) is 26.8 Å². The summed E-state index contributed by atoms with van der Waals surface area (Å²) in [6.07, 6.45) is 2.77. The van der Waals surface area contributed by atoms with Gasteiger partial charge in [0, 0.05) is 6.61 Å². The Morgan fingerprint density at radius 2 is 1.88 bits per heavy atom. The molecule has 0 aliphatic carbocycles. The molecule has 0 spiro atoms. The highest BCUT2D eigenvalue weighted by Gasteiger charge is 2.10. The Labute approximate surface area is 104 Å². The second-order valence-corrected chi connectivity index (χ2v) is 4.72. The van der Waals surface area contributed by atoms with Gasteiger partial charge in [0.1, 0.15) is 0 Å². The first-order valence-electron chi connectivity index (χ1n) is 5.99. The SMILES string of the molecule is CC(C)=Cc1c(CO)cc(C)c(CCO)c1C. The number of allylic oxidation sites excluding steroid dienone is 1. The van der Waals surface area contributed by atoms with Crippen molar-refractivity contribution in [3.8, 4) is 0 Å². The van der Waals surface area contributed by atoms with Crippen LogP contribution < -0.4 is 0 Å². The van der Waals surface area contributed by atoms with E-state index in [4.69, 9.17) is 5.11 Å². The van der Waals surface area contributed by atoms with Crippen LogP contribution in [0.25, 0.3) is 6.08 Å². The van der Waals surface area contributed by atoms with Gasteiger partial charge >= 0.3 is 0 Å². The molecule has 0 saturated heterocycles. The molecule has 1 rings (SSSR count).